The Morgan fingerprint density at radius 3 is 1.63 bits per heavy atom. The van der Waals surface area contributed by atoms with Crippen molar-refractivity contribution in [2.75, 3.05) is 72.6 Å². The molecule has 4 rings (SSSR count). The molecule has 11 heteroatoms. The summed E-state index contributed by atoms with van der Waals surface area (Å²) >= 11 is 23.9. The number of rotatable bonds is 17. The van der Waals surface area contributed by atoms with Gasteiger partial charge in [0.05, 0.1) is 6.17 Å². The number of nitrogens with zero attached hydrogens (tertiary/aromatic N) is 4. The highest BCUT2D eigenvalue weighted by molar-refractivity contribution is 6.19. The van der Waals surface area contributed by atoms with E-state index in [-0.39, 0.29) is 17.4 Å². The van der Waals surface area contributed by atoms with Crippen LogP contribution in [-0.4, -0.2) is 77.7 Å². The minimum Gasteiger partial charge on any atom is -0.507 e. The molecule has 3 aromatic rings. The largest absolute Gasteiger partial charge is 0.507 e. The van der Waals surface area contributed by atoms with Gasteiger partial charge in [-0.3, -0.25) is 9.80 Å². The molecule has 1 fully saturated rings. The molecule has 1 aliphatic rings. The van der Waals surface area contributed by atoms with Crippen LogP contribution in [0.1, 0.15) is 34.8 Å². The van der Waals surface area contributed by atoms with Gasteiger partial charge in [0.25, 0.3) is 0 Å². The summed E-state index contributed by atoms with van der Waals surface area (Å²) in [6.07, 6.45) is 2.62. The maximum Gasteiger partial charge on any atom is 0.129 e. The van der Waals surface area contributed by atoms with Gasteiger partial charge in [0.1, 0.15) is 17.4 Å². The van der Waals surface area contributed by atoms with Crippen molar-refractivity contribution < 1.29 is 13.9 Å². The number of aromatic hydroxyl groups is 1. The smallest absolute Gasteiger partial charge is 0.129 e. The molecule has 3 aromatic carbocycles. The average Bonchev–Trinajstić information content (AvgIpc) is 3.04. The number of para-hydroxylation sites is 1. The SMILES string of the molecule is C=CCc1cccc(C2N(Cc3ccc(N(CCCl)CCCl)cc3F)CCCN2Cc2ccc(N(CCCl)CCCl)cc2F)c1O. The molecule has 0 amide bonds. The first-order chi connectivity index (χ1) is 22.3. The van der Waals surface area contributed by atoms with Gasteiger partial charge in [-0.05, 0) is 42.7 Å². The first-order valence-electron chi connectivity index (χ1n) is 15.5. The molecule has 1 aliphatic heterocycles. The Morgan fingerprint density at radius 2 is 1.22 bits per heavy atom. The van der Waals surface area contributed by atoms with Crippen LogP contribution in [0.4, 0.5) is 20.2 Å². The lowest BCUT2D eigenvalue weighted by Gasteiger charge is -2.44. The summed E-state index contributed by atoms with van der Waals surface area (Å²) in [6, 6.07) is 16.1. The first-order valence-corrected chi connectivity index (χ1v) is 17.7. The van der Waals surface area contributed by atoms with E-state index >= 15 is 8.78 Å². The molecular formula is C35H42Cl4F2N4O. The molecule has 1 saturated heterocycles. The number of anilines is 2. The molecule has 0 unspecified atom stereocenters. The van der Waals surface area contributed by atoms with E-state index in [1.807, 2.05) is 40.1 Å². The molecule has 0 saturated carbocycles. The van der Waals surface area contributed by atoms with Gasteiger partial charge in [0.15, 0.2) is 0 Å². The molecule has 5 nitrogen and oxygen atoms in total. The fourth-order valence-corrected chi connectivity index (χ4v) is 6.94. The van der Waals surface area contributed by atoms with Crippen LogP contribution in [0.3, 0.4) is 0 Å². The topological polar surface area (TPSA) is 33.2 Å². The lowest BCUT2D eigenvalue weighted by Crippen LogP contribution is -2.47. The molecular weight excluding hydrogens is 672 g/mol. The van der Waals surface area contributed by atoms with Crippen molar-refractivity contribution in [3.05, 3.63) is 101 Å². The third-order valence-electron chi connectivity index (χ3n) is 8.34. The highest BCUT2D eigenvalue weighted by Gasteiger charge is 2.34. The second-order valence-corrected chi connectivity index (χ2v) is 12.8. The predicted molar refractivity (Wildman–Crippen MR) is 190 cm³/mol. The van der Waals surface area contributed by atoms with Crippen LogP contribution < -0.4 is 9.80 Å². The van der Waals surface area contributed by atoms with Crippen LogP contribution in [0, 0.1) is 11.6 Å². The second kappa shape index (κ2) is 18.3. The maximum atomic E-state index is 15.7. The van der Waals surface area contributed by atoms with Crippen molar-refractivity contribution in [3.8, 4) is 5.75 Å². The summed E-state index contributed by atoms with van der Waals surface area (Å²) < 4.78 is 31.3. The standard InChI is InChI=1S/C35H42Cl4F2N4O/c1-2-5-26-6-3-7-31(34(26)46)35-44(24-27-8-10-29(22-32(27)40)42(18-12-36)19-13-37)16-4-17-45(35)25-28-9-11-30(23-33(28)41)43(20-14-38)21-15-39/h2-3,6-11,22-23,35,46H,1,4-5,12-21,24-25H2. The van der Waals surface area contributed by atoms with Crippen LogP contribution in [0.25, 0.3) is 0 Å². The number of hydrogen-bond donors (Lipinski definition) is 1. The summed E-state index contributed by atoms with van der Waals surface area (Å²) in [5.74, 6) is 1.14. The number of phenols is 1. The molecule has 0 atom stereocenters. The zero-order chi connectivity index (χ0) is 33.1. The van der Waals surface area contributed by atoms with Crippen molar-refractivity contribution >= 4 is 57.8 Å². The maximum absolute atomic E-state index is 15.7. The number of hydrogen-bond acceptors (Lipinski definition) is 5. The van der Waals surface area contributed by atoms with E-state index < -0.39 is 6.17 Å². The summed E-state index contributed by atoms with van der Waals surface area (Å²) in [4.78, 5) is 8.23. The monoisotopic (exact) mass is 712 g/mol. The van der Waals surface area contributed by atoms with Crippen molar-refractivity contribution in [2.45, 2.75) is 32.1 Å². The van der Waals surface area contributed by atoms with Gasteiger partial charge >= 0.3 is 0 Å². The van der Waals surface area contributed by atoms with Gasteiger partial charge in [-0.1, -0.05) is 36.4 Å². The number of allylic oxidation sites excluding steroid dienone is 1. The zero-order valence-electron chi connectivity index (χ0n) is 26.0. The summed E-state index contributed by atoms with van der Waals surface area (Å²) in [7, 11) is 0. The molecule has 0 bridgehead atoms. The minimum atomic E-state index is -0.426. The van der Waals surface area contributed by atoms with Gasteiger partial charge in [-0.15, -0.1) is 53.0 Å². The zero-order valence-corrected chi connectivity index (χ0v) is 29.0. The fourth-order valence-electron chi connectivity index (χ4n) is 6.12. The van der Waals surface area contributed by atoms with Crippen molar-refractivity contribution in [3.63, 3.8) is 0 Å². The Balaban J connectivity index is 1.67. The van der Waals surface area contributed by atoms with Crippen LogP contribution in [0.2, 0.25) is 0 Å². The Morgan fingerprint density at radius 1 is 0.739 bits per heavy atom. The fraction of sp³-hybridized carbons (Fsp3) is 0.429. The molecule has 0 aliphatic carbocycles. The van der Waals surface area contributed by atoms with E-state index in [0.717, 1.165) is 23.4 Å². The highest BCUT2D eigenvalue weighted by atomic mass is 35.5. The van der Waals surface area contributed by atoms with Gasteiger partial charge in [0.2, 0.25) is 0 Å². The molecule has 46 heavy (non-hydrogen) atoms. The first kappa shape index (κ1) is 36.6. The summed E-state index contributed by atoms with van der Waals surface area (Å²) in [5, 5.41) is 11.4. The highest BCUT2D eigenvalue weighted by Crippen LogP contribution is 2.39. The number of benzene rings is 3. The predicted octanol–water partition coefficient (Wildman–Crippen LogP) is 8.37. The van der Waals surface area contributed by atoms with Crippen LogP contribution in [0.15, 0.2) is 67.3 Å². The Labute approximate surface area is 291 Å². The van der Waals surface area contributed by atoms with Crippen molar-refractivity contribution in [1.29, 1.82) is 0 Å². The molecule has 250 valence electrons. The number of halogens is 6. The van der Waals surface area contributed by atoms with Gasteiger partial charge < -0.3 is 14.9 Å². The third-order valence-corrected chi connectivity index (χ3v) is 9.02. The van der Waals surface area contributed by atoms with Crippen LogP contribution in [-0.2, 0) is 19.5 Å². The Bertz CT molecular complexity index is 1340. The molecule has 0 spiro atoms. The lowest BCUT2D eigenvalue weighted by molar-refractivity contribution is -0.0115. The van der Waals surface area contributed by atoms with E-state index in [1.165, 1.54) is 12.1 Å². The normalized spacial score (nSPS) is 14.5. The van der Waals surface area contributed by atoms with Crippen LogP contribution in [0.5, 0.6) is 5.75 Å². The van der Waals surface area contributed by atoms with E-state index in [2.05, 4.69) is 16.4 Å². The van der Waals surface area contributed by atoms with Crippen molar-refractivity contribution in [1.82, 2.24) is 9.80 Å². The van der Waals surface area contributed by atoms with Gasteiger partial charge in [-0.25, -0.2) is 8.78 Å². The van der Waals surface area contributed by atoms with Crippen molar-refractivity contribution in [2.24, 2.45) is 0 Å². The number of alkyl halides is 4. The van der Waals surface area contributed by atoms with Gasteiger partial charge in [0, 0.05) is 104 Å². The minimum absolute atomic E-state index is 0.173. The average molecular weight is 715 g/mol. The van der Waals surface area contributed by atoms with E-state index in [0.29, 0.717) is 99.0 Å². The van der Waals surface area contributed by atoms with Gasteiger partial charge in [-0.2, -0.15) is 0 Å². The lowest BCUT2D eigenvalue weighted by atomic mass is 9.99. The Hall–Kier alpha value is -2.26. The van der Waals surface area contributed by atoms with E-state index in [9.17, 15) is 5.11 Å². The summed E-state index contributed by atoms with van der Waals surface area (Å²) in [6.45, 7) is 8.03. The molecule has 0 radical (unpaired) electrons. The second-order valence-electron chi connectivity index (χ2n) is 11.3. The molecule has 0 aromatic heterocycles. The third kappa shape index (κ3) is 9.21. The summed E-state index contributed by atoms with van der Waals surface area (Å²) in [5.41, 5.74) is 3.96. The Kier molecular flexibility index (Phi) is 14.6. The van der Waals surface area contributed by atoms with E-state index in [4.69, 9.17) is 46.4 Å². The molecule has 1 N–H and O–H groups in total. The number of phenolic OH excluding ortho intramolecular Hbond substituents is 1. The quantitative estimate of drug-likeness (QED) is 0.112. The van der Waals surface area contributed by atoms with Crippen LogP contribution >= 0.6 is 46.4 Å². The van der Waals surface area contributed by atoms with E-state index in [1.54, 1.807) is 18.2 Å². The molecule has 1 heterocycles.